The van der Waals surface area contributed by atoms with Gasteiger partial charge in [0.2, 0.25) is 0 Å². The molecule has 0 saturated heterocycles. The summed E-state index contributed by atoms with van der Waals surface area (Å²) in [7, 11) is 0. The molecule has 0 atom stereocenters. The van der Waals surface area contributed by atoms with Crippen LogP contribution >= 0.6 is 0 Å². The summed E-state index contributed by atoms with van der Waals surface area (Å²) in [5.74, 6) is -0.278. The number of nitrogens with zero attached hydrogens (tertiary/aromatic N) is 2. The quantitative estimate of drug-likeness (QED) is 0.138. The first-order valence-electron chi connectivity index (χ1n) is 11.9. The van der Waals surface area contributed by atoms with Gasteiger partial charge < -0.3 is 9.97 Å². The van der Waals surface area contributed by atoms with E-state index in [4.69, 9.17) is 2.74 Å². The van der Waals surface area contributed by atoms with E-state index in [1.807, 2.05) is 18.2 Å². The number of aromatic nitrogens is 2. The van der Waals surface area contributed by atoms with Crippen molar-refractivity contribution in [3.8, 4) is 22.5 Å². The van der Waals surface area contributed by atoms with E-state index in [9.17, 15) is 30.7 Å². The zero-order chi connectivity index (χ0) is 29.1. The minimum atomic E-state index is -5.13. The van der Waals surface area contributed by atoms with Crippen LogP contribution in [0.2, 0.25) is 0 Å². The van der Waals surface area contributed by atoms with Crippen LogP contribution in [0.25, 0.3) is 33.3 Å². The Labute approximate surface area is 235 Å². The van der Waals surface area contributed by atoms with Gasteiger partial charge in [-0.1, -0.05) is 41.8 Å². The largest absolute Gasteiger partial charge is 0.416 e. The van der Waals surface area contributed by atoms with Crippen molar-refractivity contribution in [2.75, 3.05) is 0 Å². The average molecular weight is 721 g/mol. The molecule has 0 saturated carbocycles. The van der Waals surface area contributed by atoms with E-state index < -0.39 is 29.9 Å². The Hall–Kier alpha value is -3.62. The molecule has 0 N–H and O–H groups in total. The first-order chi connectivity index (χ1) is 18.8. The number of pyridine rings is 2. The van der Waals surface area contributed by atoms with Crippen molar-refractivity contribution in [3.05, 3.63) is 120 Å². The summed E-state index contributed by atoms with van der Waals surface area (Å²) in [6.07, 6.45) is -10.5. The maximum absolute atomic E-state index is 13.0. The summed E-state index contributed by atoms with van der Waals surface area (Å²) in [4.78, 5) is 8.06. The summed E-state index contributed by atoms with van der Waals surface area (Å²) in [5.41, 5.74) is 0.260. The van der Waals surface area contributed by atoms with Crippen LogP contribution in [0.5, 0.6) is 0 Å². The molecule has 203 valence electrons. The molecule has 5 aromatic rings. The van der Waals surface area contributed by atoms with Crippen molar-refractivity contribution >= 4 is 10.8 Å². The molecule has 1 radical (unpaired) electrons. The maximum atomic E-state index is 13.0. The van der Waals surface area contributed by atoms with Gasteiger partial charge in [0.1, 0.15) is 0 Å². The molecule has 2 aromatic heterocycles. The fourth-order valence-electron chi connectivity index (χ4n) is 3.51. The van der Waals surface area contributed by atoms with E-state index in [1.54, 1.807) is 12.3 Å². The van der Waals surface area contributed by atoms with Crippen LogP contribution in [-0.2, 0) is 32.7 Å². The second-order valence-electron chi connectivity index (χ2n) is 7.84. The number of hydrogen-bond acceptors (Lipinski definition) is 2. The Balaban J connectivity index is 0.000000276. The Morgan fingerprint density at radius 3 is 2.21 bits per heavy atom. The van der Waals surface area contributed by atoms with Crippen molar-refractivity contribution < 1.29 is 53.6 Å². The molecule has 0 spiro atoms. The minimum Gasteiger partial charge on any atom is -0.305 e. The van der Waals surface area contributed by atoms with Crippen LogP contribution in [0.15, 0.2) is 91.3 Å². The third kappa shape index (κ3) is 8.18. The summed E-state index contributed by atoms with van der Waals surface area (Å²) < 4.78 is 105. The molecule has 0 fully saturated rings. The van der Waals surface area contributed by atoms with Gasteiger partial charge in [0.25, 0.3) is 0 Å². The number of benzene rings is 3. The molecule has 0 unspecified atom stereocenters. The standard InChI is InChI=1S/C18H10F6N.C11H7FN.Ir/c19-17(20,21)10-11-6-7-25-16(8-11)15-3-1-2-12-9-13(18(22,23)24)4-5-14(12)15;12-10-6-4-9(5-7-10)11-3-1-2-8-13-11;/h1-2,4-9H,10H2;1-4,6-8H;/q2*-1;/i10D2;;. The summed E-state index contributed by atoms with van der Waals surface area (Å²) >= 11 is 0. The molecule has 3 aromatic carbocycles. The van der Waals surface area contributed by atoms with Crippen LogP contribution < -0.4 is 0 Å². The monoisotopic (exact) mass is 721 g/mol. The normalized spacial score (nSPS) is 12.5. The second kappa shape index (κ2) is 12.5. The minimum absolute atomic E-state index is 0. The van der Waals surface area contributed by atoms with Crippen molar-refractivity contribution in [1.29, 1.82) is 0 Å². The van der Waals surface area contributed by atoms with Gasteiger partial charge >= 0.3 is 12.4 Å². The molecule has 5 rings (SSSR count). The maximum Gasteiger partial charge on any atom is 0.416 e. The van der Waals surface area contributed by atoms with Gasteiger partial charge in [0.05, 0.1) is 11.9 Å². The number of halogens is 7. The van der Waals surface area contributed by atoms with Crippen molar-refractivity contribution in [2.24, 2.45) is 0 Å². The van der Waals surface area contributed by atoms with Gasteiger partial charge in [-0.2, -0.15) is 26.3 Å². The van der Waals surface area contributed by atoms with Crippen molar-refractivity contribution in [2.45, 2.75) is 18.7 Å². The third-order valence-electron chi connectivity index (χ3n) is 5.16. The fraction of sp³-hybridized carbons (Fsp3) is 0.103. The zero-order valence-electron chi connectivity index (χ0n) is 21.5. The zero-order valence-corrected chi connectivity index (χ0v) is 21.9. The van der Waals surface area contributed by atoms with Crippen LogP contribution in [0.1, 0.15) is 13.9 Å². The van der Waals surface area contributed by atoms with Gasteiger partial charge in [0, 0.05) is 41.1 Å². The van der Waals surface area contributed by atoms with E-state index in [1.165, 1.54) is 30.3 Å². The molecular formula is C29H17F7IrN2-2. The predicted octanol–water partition coefficient (Wildman–Crippen LogP) is 8.51. The molecule has 2 heterocycles. The van der Waals surface area contributed by atoms with Gasteiger partial charge in [-0.3, -0.25) is 4.39 Å². The van der Waals surface area contributed by atoms with Crippen LogP contribution in [0.4, 0.5) is 30.7 Å². The van der Waals surface area contributed by atoms with E-state index in [-0.39, 0.29) is 42.6 Å². The van der Waals surface area contributed by atoms with Gasteiger partial charge in [-0.25, -0.2) is 0 Å². The van der Waals surface area contributed by atoms with Crippen LogP contribution in [0.3, 0.4) is 0 Å². The fourth-order valence-corrected chi connectivity index (χ4v) is 3.51. The molecule has 2 nitrogen and oxygen atoms in total. The van der Waals surface area contributed by atoms with E-state index in [0.717, 1.165) is 41.7 Å². The smallest absolute Gasteiger partial charge is 0.305 e. The molecule has 0 amide bonds. The summed E-state index contributed by atoms with van der Waals surface area (Å²) in [5, 5.41) is 0.521. The molecule has 0 bridgehead atoms. The second-order valence-corrected chi connectivity index (χ2v) is 7.84. The Morgan fingerprint density at radius 2 is 1.56 bits per heavy atom. The summed E-state index contributed by atoms with van der Waals surface area (Å²) in [6.45, 7) is 0. The Bertz CT molecular complexity index is 1610. The van der Waals surface area contributed by atoms with Gasteiger partial charge in [0.15, 0.2) is 0 Å². The average Bonchev–Trinajstić information content (AvgIpc) is 2.92. The number of fused-ring (bicyclic) bond motifs is 1. The molecule has 0 aliphatic heterocycles. The molecule has 0 aliphatic rings. The third-order valence-corrected chi connectivity index (χ3v) is 5.16. The van der Waals surface area contributed by atoms with Crippen molar-refractivity contribution in [3.63, 3.8) is 0 Å². The molecule has 39 heavy (non-hydrogen) atoms. The van der Waals surface area contributed by atoms with Gasteiger partial charge in [-0.05, 0) is 29.1 Å². The predicted molar refractivity (Wildman–Crippen MR) is 129 cm³/mol. The van der Waals surface area contributed by atoms with Crippen molar-refractivity contribution in [1.82, 2.24) is 9.97 Å². The van der Waals surface area contributed by atoms with Crippen LogP contribution in [-0.4, -0.2) is 16.1 Å². The Morgan fingerprint density at radius 1 is 0.795 bits per heavy atom. The number of alkyl halides is 6. The van der Waals surface area contributed by atoms with E-state index in [0.29, 0.717) is 5.39 Å². The number of hydrogen-bond donors (Lipinski definition) is 0. The Kier molecular flexibility index (Phi) is 8.64. The number of rotatable bonds is 3. The topological polar surface area (TPSA) is 25.8 Å². The van der Waals surface area contributed by atoms with E-state index in [2.05, 4.69) is 22.1 Å². The first kappa shape index (κ1) is 27.0. The first-order valence-corrected chi connectivity index (χ1v) is 10.9. The summed E-state index contributed by atoms with van der Waals surface area (Å²) in [6, 6.07) is 23.1. The SMILES string of the molecule is Fc1c[c-]c(-c2ccccn2)cc1.[2H]C([2H])(c1ccnc(-c2[c-]ccc3cc(C(F)(F)F)ccc23)c1)C(F)(F)F.[Ir]. The molecule has 10 heteroatoms. The van der Waals surface area contributed by atoms with E-state index >= 15 is 0 Å². The van der Waals surface area contributed by atoms with Crippen LogP contribution in [0, 0.1) is 17.9 Å². The molecular weight excluding hydrogens is 702 g/mol. The molecule has 0 aliphatic carbocycles. The van der Waals surface area contributed by atoms with Gasteiger partial charge in [-0.15, -0.1) is 59.0 Å².